The van der Waals surface area contributed by atoms with Crippen LogP contribution in [0.3, 0.4) is 0 Å². The lowest BCUT2D eigenvalue weighted by atomic mass is 9.97. The summed E-state index contributed by atoms with van der Waals surface area (Å²) < 4.78 is 5.21. The van der Waals surface area contributed by atoms with Crippen LogP contribution in [0.2, 0.25) is 0 Å². The van der Waals surface area contributed by atoms with Crippen LogP contribution in [0.1, 0.15) is 45.6 Å². The molecule has 112 valence electrons. The summed E-state index contributed by atoms with van der Waals surface area (Å²) in [6, 6.07) is 9.17. The van der Waals surface area contributed by atoms with Gasteiger partial charge in [-0.25, -0.2) is 0 Å². The molecule has 1 aromatic carbocycles. The summed E-state index contributed by atoms with van der Waals surface area (Å²) in [4.78, 5) is 0. The zero-order valence-electron chi connectivity index (χ0n) is 13.4. The quantitative estimate of drug-likeness (QED) is 0.773. The predicted molar refractivity (Wildman–Crippen MR) is 85.3 cm³/mol. The molecule has 1 fully saturated rings. The van der Waals surface area contributed by atoms with E-state index in [1.807, 2.05) is 0 Å². The van der Waals surface area contributed by atoms with Crippen LogP contribution in [-0.2, 0) is 6.42 Å². The summed E-state index contributed by atoms with van der Waals surface area (Å²) in [5.41, 5.74) is 1.96. The molecule has 0 radical (unpaired) electrons. The fourth-order valence-corrected chi connectivity index (χ4v) is 3.08. The van der Waals surface area contributed by atoms with Crippen LogP contribution in [0.4, 0.5) is 0 Å². The summed E-state index contributed by atoms with van der Waals surface area (Å²) >= 11 is 0. The first-order chi connectivity index (χ1) is 9.56. The molecule has 1 aromatic rings. The van der Waals surface area contributed by atoms with Crippen molar-refractivity contribution in [3.8, 4) is 5.75 Å². The molecule has 2 unspecified atom stereocenters. The minimum Gasteiger partial charge on any atom is -0.497 e. The average Bonchev–Trinajstić information content (AvgIpc) is 3.08. The maximum atomic E-state index is 5.21. The minimum absolute atomic E-state index is 0.547. The van der Waals surface area contributed by atoms with Crippen LogP contribution in [0.15, 0.2) is 24.3 Å². The summed E-state index contributed by atoms with van der Waals surface area (Å²) in [6.45, 7) is 8.17. The van der Waals surface area contributed by atoms with Crippen molar-refractivity contribution < 1.29 is 4.74 Å². The molecule has 1 N–H and O–H groups in total. The number of ether oxygens (including phenoxy) is 1. The Hall–Kier alpha value is -1.02. The van der Waals surface area contributed by atoms with Gasteiger partial charge in [0.25, 0.3) is 0 Å². The lowest BCUT2D eigenvalue weighted by Crippen LogP contribution is -2.33. The number of hydrogen-bond acceptors (Lipinski definition) is 2. The third-order valence-electron chi connectivity index (χ3n) is 4.63. The third kappa shape index (κ3) is 3.99. The zero-order valence-corrected chi connectivity index (χ0v) is 13.4. The van der Waals surface area contributed by atoms with Crippen molar-refractivity contribution >= 4 is 0 Å². The maximum absolute atomic E-state index is 5.21. The molecule has 20 heavy (non-hydrogen) atoms. The van der Waals surface area contributed by atoms with Gasteiger partial charge in [0.1, 0.15) is 5.75 Å². The molecule has 0 heterocycles. The molecular formula is C18H29NO. The van der Waals surface area contributed by atoms with Crippen molar-refractivity contribution in [1.29, 1.82) is 0 Å². The van der Waals surface area contributed by atoms with Crippen molar-refractivity contribution in [2.24, 2.45) is 11.3 Å². The van der Waals surface area contributed by atoms with E-state index in [2.05, 4.69) is 50.4 Å². The second-order valence-corrected chi connectivity index (χ2v) is 6.75. The maximum Gasteiger partial charge on any atom is 0.118 e. The summed E-state index contributed by atoms with van der Waals surface area (Å²) in [5, 5.41) is 3.76. The Bertz CT molecular complexity index is 410. The monoisotopic (exact) mass is 275 g/mol. The molecule has 0 aliphatic heterocycles. The Balaban J connectivity index is 1.87. The summed E-state index contributed by atoms with van der Waals surface area (Å²) in [7, 11) is 1.72. The smallest absolute Gasteiger partial charge is 0.118 e. The molecule has 1 aliphatic carbocycles. The number of benzene rings is 1. The highest BCUT2D eigenvalue weighted by molar-refractivity contribution is 5.27. The Morgan fingerprint density at radius 3 is 2.45 bits per heavy atom. The standard InChI is InChI=1S/C18H29NO/c1-5-12-19-17(16-13-18(16,2)3)11-8-14-6-9-15(20-4)10-7-14/h6-7,9-10,16-17,19H,5,8,11-13H2,1-4H3. The number of methoxy groups -OCH3 is 1. The molecule has 0 saturated heterocycles. The lowest BCUT2D eigenvalue weighted by molar-refractivity contribution is 0.385. The Morgan fingerprint density at radius 1 is 1.30 bits per heavy atom. The first-order valence-corrected chi connectivity index (χ1v) is 7.93. The van der Waals surface area contributed by atoms with Crippen molar-refractivity contribution in [3.05, 3.63) is 29.8 Å². The van der Waals surface area contributed by atoms with Gasteiger partial charge < -0.3 is 10.1 Å². The highest BCUT2D eigenvalue weighted by atomic mass is 16.5. The first kappa shape index (κ1) is 15.4. The molecule has 0 amide bonds. The van der Waals surface area contributed by atoms with Gasteiger partial charge >= 0.3 is 0 Å². The molecule has 2 nitrogen and oxygen atoms in total. The van der Waals surface area contributed by atoms with Gasteiger partial charge in [-0.15, -0.1) is 0 Å². The van der Waals surface area contributed by atoms with E-state index in [1.54, 1.807) is 7.11 Å². The van der Waals surface area contributed by atoms with Crippen LogP contribution < -0.4 is 10.1 Å². The fourth-order valence-electron chi connectivity index (χ4n) is 3.08. The van der Waals surface area contributed by atoms with Gasteiger partial charge in [-0.3, -0.25) is 0 Å². The van der Waals surface area contributed by atoms with E-state index in [9.17, 15) is 0 Å². The number of hydrogen-bond donors (Lipinski definition) is 1. The van der Waals surface area contributed by atoms with Crippen LogP contribution >= 0.6 is 0 Å². The number of rotatable bonds is 8. The Morgan fingerprint density at radius 2 is 1.95 bits per heavy atom. The van der Waals surface area contributed by atoms with Crippen molar-refractivity contribution in [2.75, 3.05) is 13.7 Å². The Kier molecular flexibility index (Phi) is 5.09. The third-order valence-corrected chi connectivity index (χ3v) is 4.63. The van der Waals surface area contributed by atoms with Gasteiger partial charge in [0.15, 0.2) is 0 Å². The van der Waals surface area contributed by atoms with Crippen LogP contribution in [0.5, 0.6) is 5.75 Å². The normalized spacial score (nSPS) is 21.5. The largest absolute Gasteiger partial charge is 0.497 e. The van der Waals surface area contributed by atoms with E-state index in [4.69, 9.17) is 4.74 Å². The van der Waals surface area contributed by atoms with Gasteiger partial charge in [-0.2, -0.15) is 0 Å². The molecule has 1 aliphatic rings. The first-order valence-electron chi connectivity index (χ1n) is 7.93. The van der Waals surface area contributed by atoms with Crippen LogP contribution in [0, 0.1) is 11.3 Å². The second kappa shape index (κ2) is 6.62. The molecular weight excluding hydrogens is 246 g/mol. The highest BCUT2D eigenvalue weighted by Crippen LogP contribution is 2.54. The summed E-state index contributed by atoms with van der Waals surface area (Å²) in [6.07, 6.45) is 4.97. The molecule has 2 heteroatoms. The van der Waals surface area contributed by atoms with E-state index in [-0.39, 0.29) is 0 Å². The van der Waals surface area contributed by atoms with Gasteiger partial charge in [0.2, 0.25) is 0 Å². The fraction of sp³-hybridized carbons (Fsp3) is 0.667. The van der Waals surface area contributed by atoms with E-state index in [1.165, 1.54) is 24.8 Å². The molecule has 1 saturated carbocycles. The molecule has 0 aromatic heterocycles. The molecule has 0 bridgehead atoms. The number of nitrogens with one attached hydrogen (secondary N) is 1. The van der Waals surface area contributed by atoms with Crippen molar-refractivity contribution in [1.82, 2.24) is 5.32 Å². The van der Waals surface area contributed by atoms with E-state index < -0.39 is 0 Å². The topological polar surface area (TPSA) is 21.3 Å². The van der Waals surface area contributed by atoms with Gasteiger partial charge in [-0.05, 0) is 61.3 Å². The van der Waals surface area contributed by atoms with Crippen LogP contribution in [0.25, 0.3) is 0 Å². The van der Waals surface area contributed by atoms with Gasteiger partial charge in [0, 0.05) is 6.04 Å². The SMILES string of the molecule is CCCNC(CCc1ccc(OC)cc1)C1CC1(C)C. The lowest BCUT2D eigenvalue weighted by Gasteiger charge is -2.20. The molecule has 2 atom stereocenters. The average molecular weight is 275 g/mol. The van der Waals surface area contributed by atoms with Crippen molar-refractivity contribution in [3.63, 3.8) is 0 Å². The minimum atomic E-state index is 0.547. The Labute approximate surface area is 123 Å². The highest BCUT2D eigenvalue weighted by Gasteiger charge is 2.49. The molecule has 2 rings (SSSR count). The zero-order chi connectivity index (χ0) is 14.6. The van der Waals surface area contributed by atoms with Gasteiger partial charge in [0.05, 0.1) is 7.11 Å². The van der Waals surface area contributed by atoms with E-state index in [0.29, 0.717) is 11.5 Å². The number of aryl methyl sites for hydroxylation is 1. The predicted octanol–water partition coefficient (Wildman–Crippen LogP) is 4.04. The van der Waals surface area contributed by atoms with E-state index >= 15 is 0 Å². The molecule has 0 spiro atoms. The second-order valence-electron chi connectivity index (χ2n) is 6.75. The van der Waals surface area contributed by atoms with E-state index in [0.717, 1.165) is 24.6 Å². The van der Waals surface area contributed by atoms with Crippen LogP contribution in [-0.4, -0.2) is 19.7 Å². The van der Waals surface area contributed by atoms with Gasteiger partial charge in [-0.1, -0.05) is 32.9 Å². The summed E-state index contributed by atoms with van der Waals surface area (Å²) in [5.74, 6) is 1.80. The van der Waals surface area contributed by atoms with Crippen molar-refractivity contribution in [2.45, 2.75) is 52.5 Å².